The second kappa shape index (κ2) is 4.51. The number of benzene rings is 2. The molecule has 0 saturated carbocycles. The van der Waals surface area contributed by atoms with E-state index in [1.807, 2.05) is 24.3 Å². The molecule has 0 aliphatic carbocycles. The zero-order valence-electron chi connectivity index (χ0n) is 10.1. The lowest BCUT2D eigenvalue weighted by Crippen LogP contribution is -2.05. The minimum atomic E-state index is -3.35. The van der Waals surface area contributed by atoms with Gasteiger partial charge >= 0.3 is 0 Å². The van der Waals surface area contributed by atoms with Crippen LogP contribution < -0.4 is 0 Å². The minimum Gasteiger partial charge on any atom is -0.341 e. The standard InChI is InChI=1S/C14H12N2O2S/c17-19(18,11-6-2-1-3-7-11)10-14-15-12-8-4-5-9-13(12)16-14/h1-9H,10H2,(H,15,16). The second-order valence-corrected chi connectivity index (χ2v) is 6.26. The average molecular weight is 272 g/mol. The average Bonchev–Trinajstić information content (AvgIpc) is 2.81. The summed E-state index contributed by atoms with van der Waals surface area (Å²) in [7, 11) is -3.35. The summed E-state index contributed by atoms with van der Waals surface area (Å²) in [6.45, 7) is 0. The molecule has 0 radical (unpaired) electrons. The van der Waals surface area contributed by atoms with Crippen molar-refractivity contribution >= 4 is 20.9 Å². The molecule has 96 valence electrons. The van der Waals surface area contributed by atoms with Crippen molar-refractivity contribution in [3.05, 3.63) is 60.4 Å². The summed E-state index contributed by atoms with van der Waals surface area (Å²) in [5.74, 6) is 0.344. The van der Waals surface area contributed by atoms with E-state index in [-0.39, 0.29) is 5.75 Å². The second-order valence-electron chi connectivity index (χ2n) is 4.27. The number of aromatic nitrogens is 2. The van der Waals surface area contributed by atoms with Gasteiger partial charge in [-0.25, -0.2) is 13.4 Å². The number of para-hydroxylation sites is 2. The smallest absolute Gasteiger partial charge is 0.185 e. The number of hydrogen-bond donors (Lipinski definition) is 1. The van der Waals surface area contributed by atoms with Gasteiger partial charge in [0.15, 0.2) is 9.84 Å². The first-order valence-electron chi connectivity index (χ1n) is 5.86. The van der Waals surface area contributed by atoms with Gasteiger partial charge in [-0.05, 0) is 24.3 Å². The van der Waals surface area contributed by atoms with E-state index >= 15 is 0 Å². The van der Waals surface area contributed by atoms with E-state index in [1.165, 1.54) is 0 Å². The Morgan fingerprint density at radius 2 is 1.63 bits per heavy atom. The van der Waals surface area contributed by atoms with E-state index in [0.717, 1.165) is 11.0 Å². The number of H-pyrrole nitrogens is 1. The summed E-state index contributed by atoms with van der Waals surface area (Å²) < 4.78 is 24.4. The van der Waals surface area contributed by atoms with Crippen LogP contribution in [0, 0.1) is 0 Å². The summed E-state index contributed by atoms with van der Waals surface area (Å²) in [6, 6.07) is 15.9. The van der Waals surface area contributed by atoms with Crippen molar-refractivity contribution in [3.63, 3.8) is 0 Å². The molecular formula is C14H12N2O2S. The van der Waals surface area contributed by atoms with Crippen LogP contribution in [0.3, 0.4) is 0 Å². The number of imidazole rings is 1. The van der Waals surface area contributed by atoms with Crippen molar-refractivity contribution in [3.8, 4) is 0 Å². The molecule has 3 rings (SSSR count). The van der Waals surface area contributed by atoms with Gasteiger partial charge in [-0.1, -0.05) is 30.3 Å². The van der Waals surface area contributed by atoms with E-state index in [1.54, 1.807) is 30.3 Å². The van der Waals surface area contributed by atoms with Gasteiger partial charge in [-0.15, -0.1) is 0 Å². The summed E-state index contributed by atoms with van der Waals surface area (Å²) >= 11 is 0. The van der Waals surface area contributed by atoms with E-state index in [2.05, 4.69) is 9.97 Å². The van der Waals surface area contributed by atoms with Gasteiger partial charge in [0, 0.05) is 0 Å². The van der Waals surface area contributed by atoms with Gasteiger partial charge < -0.3 is 4.98 Å². The normalized spacial score (nSPS) is 11.8. The largest absolute Gasteiger partial charge is 0.341 e. The first kappa shape index (κ1) is 11.9. The molecule has 0 aliphatic heterocycles. The van der Waals surface area contributed by atoms with Crippen LogP contribution in [-0.2, 0) is 15.6 Å². The summed E-state index contributed by atoms with van der Waals surface area (Å²) in [5.41, 5.74) is 1.63. The molecule has 0 atom stereocenters. The number of rotatable bonds is 3. The van der Waals surface area contributed by atoms with Crippen LogP contribution in [-0.4, -0.2) is 18.4 Å². The third-order valence-electron chi connectivity index (χ3n) is 2.87. The van der Waals surface area contributed by atoms with Crippen molar-refractivity contribution in [1.29, 1.82) is 0 Å². The van der Waals surface area contributed by atoms with Gasteiger partial charge in [-0.3, -0.25) is 0 Å². The Morgan fingerprint density at radius 3 is 2.37 bits per heavy atom. The Kier molecular flexibility index (Phi) is 2.83. The fraction of sp³-hybridized carbons (Fsp3) is 0.0714. The van der Waals surface area contributed by atoms with Crippen LogP contribution in [0.5, 0.6) is 0 Å². The van der Waals surface area contributed by atoms with Crippen molar-refractivity contribution in [2.24, 2.45) is 0 Å². The van der Waals surface area contributed by atoms with Crippen LogP contribution in [0.1, 0.15) is 5.82 Å². The highest BCUT2D eigenvalue weighted by Crippen LogP contribution is 2.17. The van der Waals surface area contributed by atoms with E-state index in [0.29, 0.717) is 10.7 Å². The van der Waals surface area contributed by atoms with Crippen LogP contribution in [0.25, 0.3) is 11.0 Å². The fourth-order valence-corrected chi connectivity index (χ4v) is 3.20. The van der Waals surface area contributed by atoms with Crippen LogP contribution in [0.4, 0.5) is 0 Å². The lowest BCUT2D eigenvalue weighted by atomic mass is 10.3. The molecule has 4 nitrogen and oxygen atoms in total. The predicted octanol–water partition coefficient (Wildman–Crippen LogP) is 2.54. The lowest BCUT2D eigenvalue weighted by Gasteiger charge is -2.01. The maximum Gasteiger partial charge on any atom is 0.185 e. The molecular weight excluding hydrogens is 260 g/mol. The highest BCUT2D eigenvalue weighted by atomic mass is 32.2. The number of nitrogens with one attached hydrogen (secondary N) is 1. The first-order chi connectivity index (χ1) is 9.15. The minimum absolute atomic E-state index is 0.119. The van der Waals surface area contributed by atoms with Gasteiger partial charge in [0.25, 0.3) is 0 Å². The molecule has 3 aromatic rings. The zero-order chi connectivity index (χ0) is 13.3. The molecule has 0 bridgehead atoms. The highest BCUT2D eigenvalue weighted by molar-refractivity contribution is 7.90. The number of hydrogen-bond acceptors (Lipinski definition) is 3. The summed E-state index contributed by atoms with van der Waals surface area (Å²) in [5, 5.41) is 0. The van der Waals surface area contributed by atoms with Gasteiger partial charge in [0.1, 0.15) is 11.6 Å². The molecule has 0 amide bonds. The van der Waals surface area contributed by atoms with Gasteiger partial charge in [0.2, 0.25) is 0 Å². The Morgan fingerprint density at radius 1 is 0.947 bits per heavy atom. The molecule has 0 unspecified atom stereocenters. The Labute approximate surface area is 111 Å². The third-order valence-corrected chi connectivity index (χ3v) is 4.51. The predicted molar refractivity (Wildman–Crippen MR) is 73.4 cm³/mol. The van der Waals surface area contributed by atoms with Crippen molar-refractivity contribution in [2.45, 2.75) is 10.6 Å². The zero-order valence-corrected chi connectivity index (χ0v) is 10.9. The molecule has 0 fully saturated rings. The monoisotopic (exact) mass is 272 g/mol. The van der Waals surface area contributed by atoms with Crippen molar-refractivity contribution in [2.75, 3.05) is 0 Å². The van der Waals surface area contributed by atoms with E-state index in [4.69, 9.17) is 0 Å². The molecule has 1 heterocycles. The van der Waals surface area contributed by atoms with Gasteiger partial charge in [-0.2, -0.15) is 0 Å². The van der Waals surface area contributed by atoms with Crippen molar-refractivity contribution in [1.82, 2.24) is 9.97 Å². The summed E-state index contributed by atoms with van der Waals surface area (Å²) in [4.78, 5) is 7.64. The van der Waals surface area contributed by atoms with Crippen molar-refractivity contribution < 1.29 is 8.42 Å². The fourth-order valence-electron chi connectivity index (χ4n) is 1.97. The number of sulfone groups is 1. The Hall–Kier alpha value is -2.14. The molecule has 1 aromatic heterocycles. The molecule has 5 heteroatoms. The lowest BCUT2D eigenvalue weighted by molar-refractivity contribution is 0.594. The molecule has 0 spiro atoms. The maximum atomic E-state index is 12.2. The van der Waals surface area contributed by atoms with Crippen LogP contribution in [0.2, 0.25) is 0 Å². The molecule has 19 heavy (non-hydrogen) atoms. The number of nitrogens with zero attached hydrogens (tertiary/aromatic N) is 1. The summed E-state index contributed by atoms with van der Waals surface area (Å²) in [6.07, 6.45) is 0. The Balaban J connectivity index is 1.97. The molecule has 2 aromatic carbocycles. The molecule has 0 saturated heterocycles. The van der Waals surface area contributed by atoms with E-state index < -0.39 is 9.84 Å². The molecule has 1 N–H and O–H groups in total. The topological polar surface area (TPSA) is 62.8 Å². The SMILES string of the molecule is O=S(=O)(Cc1nc2ccccc2[nH]1)c1ccccc1. The molecule has 0 aliphatic rings. The van der Waals surface area contributed by atoms with Crippen LogP contribution in [0.15, 0.2) is 59.5 Å². The quantitative estimate of drug-likeness (QED) is 0.797. The maximum absolute atomic E-state index is 12.2. The van der Waals surface area contributed by atoms with Crippen LogP contribution >= 0.6 is 0 Å². The third kappa shape index (κ3) is 2.37. The number of fused-ring (bicyclic) bond motifs is 1. The highest BCUT2D eigenvalue weighted by Gasteiger charge is 2.17. The first-order valence-corrected chi connectivity index (χ1v) is 7.52. The Bertz CT molecular complexity index is 775. The number of aromatic amines is 1. The van der Waals surface area contributed by atoms with Gasteiger partial charge in [0.05, 0.1) is 15.9 Å². The van der Waals surface area contributed by atoms with E-state index in [9.17, 15) is 8.42 Å².